The van der Waals surface area contributed by atoms with Crippen molar-refractivity contribution in [3.63, 3.8) is 0 Å². The summed E-state index contributed by atoms with van der Waals surface area (Å²) in [6.07, 6.45) is 1.12. The largest absolute Gasteiger partial charge is 0.495 e. The number of benzene rings is 1. The molecule has 2 aliphatic heterocycles. The van der Waals surface area contributed by atoms with Gasteiger partial charge in [0.25, 0.3) is 5.91 Å². The van der Waals surface area contributed by atoms with Gasteiger partial charge in [0.1, 0.15) is 5.75 Å². The number of ketones is 1. The van der Waals surface area contributed by atoms with E-state index < -0.39 is 11.7 Å². The molecule has 2 heterocycles. The summed E-state index contributed by atoms with van der Waals surface area (Å²) >= 11 is 0. The number of methoxy groups -OCH3 is 1. The molecule has 152 valence electrons. The van der Waals surface area contributed by atoms with E-state index in [1.165, 1.54) is 0 Å². The van der Waals surface area contributed by atoms with Crippen LogP contribution in [0.2, 0.25) is 0 Å². The second kappa shape index (κ2) is 9.54. The molecule has 1 N–H and O–H groups in total. The Hall–Kier alpha value is -2.61. The van der Waals surface area contributed by atoms with E-state index in [4.69, 9.17) is 9.47 Å². The van der Waals surface area contributed by atoms with Crippen molar-refractivity contribution < 1.29 is 23.9 Å². The van der Waals surface area contributed by atoms with Crippen molar-refractivity contribution in [1.82, 2.24) is 10.2 Å². The smallest absolute Gasteiger partial charge is 0.288 e. The van der Waals surface area contributed by atoms with E-state index in [9.17, 15) is 14.4 Å². The second-order valence-electron chi connectivity index (χ2n) is 6.97. The lowest BCUT2D eigenvalue weighted by molar-refractivity contribution is -0.143. The number of piperazine rings is 1. The van der Waals surface area contributed by atoms with Gasteiger partial charge in [0, 0.05) is 45.3 Å². The summed E-state index contributed by atoms with van der Waals surface area (Å²) in [7, 11) is 1.64. The topological polar surface area (TPSA) is 88.2 Å². The van der Waals surface area contributed by atoms with E-state index in [1.54, 1.807) is 12.0 Å². The fourth-order valence-electron chi connectivity index (χ4n) is 3.59. The molecular weight excluding hydrogens is 362 g/mol. The molecule has 0 unspecified atom stereocenters. The molecule has 3 rings (SSSR count). The standard InChI is InChI=1S/C20H27N3O5/c1-27-17-5-3-2-4-16(17)22-8-10-23(11-9-22)18(24)14-21-20(26)19(25)15-6-12-28-13-7-15/h2-5,15H,6-14H2,1H3,(H,21,26). The zero-order valence-electron chi connectivity index (χ0n) is 16.2. The Labute approximate surface area is 164 Å². The average molecular weight is 389 g/mol. The lowest BCUT2D eigenvalue weighted by Gasteiger charge is -2.36. The number of amides is 2. The first kappa shape index (κ1) is 20.1. The van der Waals surface area contributed by atoms with E-state index >= 15 is 0 Å². The molecule has 2 saturated heterocycles. The Bertz CT molecular complexity index is 710. The Morgan fingerprint density at radius 1 is 1.11 bits per heavy atom. The number of ether oxygens (including phenoxy) is 2. The van der Waals surface area contributed by atoms with Crippen LogP contribution >= 0.6 is 0 Å². The van der Waals surface area contributed by atoms with E-state index in [1.807, 2.05) is 24.3 Å². The van der Waals surface area contributed by atoms with Gasteiger partial charge in [-0.25, -0.2) is 0 Å². The summed E-state index contributed by atoms with van der Waals surface area (Å²) in [5.74, 6) is -0.785. The molecule has 1 aromatic rings. The van der Waals surface area contributed by atoms with Crippen LogP contribution in [0.15, 0.2) is 24.3 Å². The number of para-hydroxylation sites is 2. The molecule has 8 heteroatoms. The van der Waals surface area contributed by atoms with Gasteiger partial charge in [0.15, 0.2) is 0 Å². The van der Waals surface area contributed by atoms with Crippen LogP contribution in [0.3, 0.4) is 0 Å². The van der Waals surface area contributed by atoms with E-state index in [-0.39, 0.29) is 18.4 Å². The summed E-state index contributed by atoms with van der Waals surface area (Å²) in [6, 6.07) is 7.79. The van der Waals surface area contributed by atoms with Gasteiger partial charge in [-0.05, 0) is 25.0 Å². The maximum absolute atomic E-state index is 12.4. The Morgan fingerprint density at radius 2 is 1.79 bits per heavy atom. The molecule has 0 radical (unpaired) electrons. The molecule has 0 bridgehead atoms. The summed E-state index contributed by atoms with van der Waals surface area (Å²) in [5, 5.41) is 2.48. The zero-order valence-corrected chi connectivity index (χ0v) is 16.2. The minimum absolute atomic E-state index is 0.150. The lowest BCUT2D eigenvalue weighted by Crippen LogP contribution is -2.52. The highest BCUT2D eigenvalue weighted by atomic mass is 16.5. The molecule has 0 atom stereocenters. The minimum atomic E-state index is -0.673. The molecule has 2 aliphatic rings. The van der Waals surface area contributed by atoms with Crippen LogP contribution in [0.25, 0.3) is 0 Å². The molecule has 2 amide bonds. The number of carbonyl (C=O) groups excluding carboxylic acids is 3. The van der Waals surface area contributed by atoms with Crippen LogP contribution in [0.1, 0.15) is 12.8 Å². The molecule has 28 heavy (non-hydrogen) atoms. The lowest BCUT2D eigenvalue weighted by atomic mass is 9.95. The SMILES string of the molecule is COc1ccccc1N1CCN(C(=O)CNC(=O)C(=O)C2CCOCC2)CC1. The van der Waals surface area contributed by atoms with Crippen molar-refractivity contribution in [3.8, 4) is 5.75 Å². The first-order valence-corrected chi connectivity index (χ1v) is 9.65. The predicted molar refractivity (Wildman–Crippen MR) is 103 cm³/mol. The van der Waals surface area contributed by atoms with Crippen molar-refractivity contribution in [1.29, 1.82) is 0 Å². The highest BCUT2D eigenvalue weighted by Gasteiger charge is 2.28. The third-order valence-electron chi connectivity index (χ3n) is 5.27. The van der Waals surface area contributed by atoms with E-state index in [0.29, 0.717) is 52.2 Å². The summed E-state index contributed by atoms with van der Waals surface area (Å²) in [6.45, 7) is 3.32. The van der Waals surface area contributed by atoms with Gasteiger partial charge in [-0.1, -0.05) is 12.1 Å². The first-order valence-electron chi connectivity index (χ1n) is 9.65. The van der Waals surface area contributed by atoms with Crippen LogP contribution in [-0.4, -0.2) is 75.5 Å². The van der Waals surface area contributed by atoms with Crippen molar-refractivity contribution >= 4 is 23.3 Å². The molecule has 0 aliphatic carbocycles. The number of anilines is 1. The number of hydrogen-bond donors (Lipinski definition) is 1. The van der Waals surface area contributed by atoms with Crippen molar-refractivity contribution in [2.45, 2.75) is 12.8 Å². The Morgan fingerprint density at radius 3 is 2.46 bits per heavy atom. The highest BCUT2D eigenvalue weighted by molar-refractivity contribution is 6.37. The second-order valence-corrected chi connectivity index (χ2v) is 6.97. The molecule has 0 saturated carbocycles. The van der Waals surface area contributed by atoms with Crippen LogP contribution in [0.5, 0.6) is 5.75 Å². The quantitative estimate of drug-likeness (QED) is 0.711. The average Bonchev–Trinajstić information content (AvgIpc) is 2.77. The fraction of sp³-hybridized carbons (Fsp3) is 0.550. The summed E-state index contributed by atoms with van der Waals surface area (Å²) in [4.78, 5) is 40.5. The Kier molecular flexibility index (Phi) is 6.86. The number of carbonyl (C=O) groups is 3. The Balaban J connectivity index is 1.45. The van der Waals surface area contributed by atoms with Crippen LogP contribution in [-0.2, 0) is 19.1 Å². The summed E-state index contributed by atoms with van der Waals surface area (Å²) < 4.78 is 10.6. The van der Waals surface area contributed by atoms with E-state index in [2.05, 4.69) is 10.2 Å². The normalized spacial score (nSPS) is 17.9. The molecule has 2 fully saturated rings. The molecular formula is C20H27N3O5. The molecule has 1 aromatic carbocycles. The van der Waals surface area contributed by atoms with Gasteiger partial charge in [-0.2, -0.15) is 0 Å². The molecule has 0 spiro atoms. The van der Waals surface area contributed by atoms with Gasteiger partial charge < -0.3 is 24.6 Å². The number of Topliss-reactive ketones (excluding diaryl/α,β-unsaturated/α-hetero) is 1. The number of hydrogen-bond acceptors (Lipinski definition) is 6. The maximum atomic E-state index is 12.4. The number of nitrogens with one attached hydrogen (secondary N) is 1. The zero-order chi connectivity index (χ0) is 19.9. The monoisotopic (exact) mass is 389 g/mol. The van der Waals surface area contributed by atoms with Crippen LogP contribution < -0.4 is 15.0 Å². The van der Waals surface area contributed by atoms with Gasteiger partial charge in [-0.3, -0.25) is 14.4 Å². The van der Waals surface area contributed by atoms with E-state index in [0.717, 1.165) is 11.4 Å². The van der Waals surface area contributed by atoms with Crippen molar-refractivity contribution in [2.75, 3.05) is 57.9 Å². The first-order chi connectivity index (χ1) is 13.6. The fourth-order valence-corrected chi connectivity index (χ4v) is 3.59. The van der Waals surface area contributed by atoms with Gasteiger partial charge in [-0.15, -0.1) is 0 Å². The van der Waals surface area contributed by atoms with Gasteiger partial charge in [0.05, 0.1) is 19.3 Å². The van der Waals surface area contributed by atoms with Crippen molar-refractivity contribution in [2.24, 2.45) is 5.92 Å². The van der Waals surface area contributed by atoms with Gasteiger partial charge in [0.2, 0.25) is 11.7 Å². The predicted octanol–water partition coefficient (Wildman–Crippen LogP) is 0.456. The van der Waals surface area contributed by atoms with Gasteiger partial charge >= 0.3 is 0 Å². The third kappa shape index (κ3) is 4.81. The van der Waals surface area contributed by atoms with Crippen LogP contribution in [0, 0.1) is 5.92 Å². The molecule has 8 nitrogen and oxygen atoms in total. The van der Waals surface area contributed by atoms with Crippen molar-refractivity contribution in [3.05, 3.63) is 24.3 Å². The number of nitrogens with zero attached hydrogens (tertiary/aromatic N) is 2. The maximum Gasteiger partial charge on any atom is 0.288 e. The summed E-state index contributed by atoms with van der Waals surface area (Å²) in [5.41, 5.74) is 1.01. The number of rotatable bonds is 6. The highest BCUT2D eigenvalue weighted by Crippen LogP contribution is 2.28. The molecule has 0 aromatic heterocycles. The third-order valence-corrected chi connectivity index (χ3v) is 5.27. The minimum Gasteiger partial charge on any atom is -0.495 e. The van der Waals surface area contributed by atoms with Crippen LogP contribution in [0.4, 0.5) is 5.69 Å².